The zero-order chi connectivity index (χ0) is 28.2. The van der Waals surface area contributed by atoms with Crippen LogP contribution in [0.4, 0.5) is 10.2 Å². The average molecular weight is 567 g/mol. The van der Waals surface area contributed by atoms with Gasteiger partial charge in [0.1, 0.15) is 30.3 Å². The lowest BCUT2D eigenvalue weighted by molar-refractivity contribution is -0.142. The summed E-state index contributed by atoms with van der Waals surface area (Å²) in [7, 11) is -3.05. The standard InChI is InChI=1S/C24H32FN6O7P/c1-5-11-26-20-18-21(28-13-27-20)31(14-29-18)23-24(3,25)19(32)17(37-23)12-36-39(34,30-15(2)22(33)35-4)38-16-9-7-6-8-10-16/h6-10,13-15,17,19,23,32H,5,11-12H2,1-4H3,(H,30,34)(H,26,27,28)/t15-,17+,19+,23+,24+,39?/m0/s1. The highest BCUT2D eigenvalue weighted by atomic mass is 31.2. The van der Waals surface area contributed by atoms with E-state index in [1.807, 2.05) is 6.92 Å². The number of anilines is 1. The van der Waals surface area contributed by atoms with Crippen molar-refractivity contribution in [2.24, 2.45) is 0 Å². The van der Waals surface area contributed by atoms with Gasteiger partial charge in [-0.15, -0.1) is 0 Å². The van der Waals surface area contributed by atoms with E-state index < -0.39 is 50.5 Å². The number of ether oxygens (including phenoxy) is 2. The second kappa shape index (κ2) is 11.9. The van der Waals surface area contributed by atoms with Crippen LogP contribution in [-0.4, -0.2) is 74.8 Å². The predicted octanol–water partition coefficient (Wildman–Crippen LogP) is 2.99. The van der Waals surface area contributed by atoms with Crippen molar-refractivity contribution in [2.75, 3.05) is 25.6 Å². The number of imidazole rings is 1. The molecular weight excluding hydrogens is 534 g/mol. The number of aliphatic hydroxyl groups excluding tert-OH is 1. The number of rotatable bonds is 12. The van der Waals surface area contributed by atoms with Gasteiger partial charge < -0.3 is 24.4 Å². The van der Waals surface area contributed by atoms with Crippen LogP contribution in [0.1, 0.15) is 33.4 Å². The normalized spacial score (nSPS) is 25.2. The van der Waals surface area contributed by atoms with Crippen molar-refractivity contribution in [3.05, 3.63) is 43.0 Å². The van der Waals surface area contributed by atoms with Crippen molar-refractivity contribution in [2.45, 2.75) is 57.3 Å². The van der Waals surface area contributed by atoms with Crippen molar-refractivity contribution >= 4 is 30.7 Å². The number of fused-ring (bicyclic) bond motifs is 1. The molecule has 3 N–H and O–H groups in total. The molecule has 2 aromatic heterocycles. The summed E-state index contributed by atoms with van der Waals surface area (Å²) in [4.78, 5) is 24.7. The molecule has 4 rings (SSSR count). The SMILES string of the molecule is CCCNc1ncnc2c1ncn2[C@@H]1O[C@H](COP(=O)(N[C@@H](C)C(=O)OC)Oc2ccccc2)[C@@H](O)[C@@]1(C)F. The van der Waals surface area contributed by atoms with E-state index >= 15 is 4.39 Å². The molecule has 1 unspecified atom stereocenters. The average Bonchev–Trinajstić information content (AvgIpc) is 3.44. The molecular formula is C24H32FN6O7P. The smallest absolute Gasteiger partial charge is 0.459 e. The number of nitrogens with one attached hydrogen (secondary N) is 2. The number of alkyl halides is 1. The number of nitrogens with zero attached hydrogens (tertiary/aromatic N) is 4. The van der Waals surface area contributed by atoms with Crippen molar-refractivity contribution in [1.82, 2.24) is 24.6 Å². The second-order valence-electron chi connectivity index (χ2n) is 9.17. The minimum atomic E-state index is -4.23. The Kier molecular flexibility index (Phi) is 8.82. The monoisotopic (exact) mass is 566 g/mol. The topological polar surface area (TPSA) is 159 Å². The number of benzene rings is 1. The molecule has 1 aliphatic heterocycles. The molecule has 39 heavy (non-hydrogen) atoms. The Morgan fingerprint density at radius 2 is 2.05 bits per heavy atom. The lowest BCUT2D eigenvalue weighted by atomic mass is 9.98. The van der Waals surface area contributed by atoms with Gasteiger partial charge in [0.15, 0.2) is 28.9 Å². The quantitative estimate of drug-likeness (QED) is 0.218. The molecule has 0 aliphatic carbocycles. The minimum absolute atomic E-state index is 0.198. The van der Waals surface area contributed by atoms with Gasteiger partial charge in [0.2, 0.25) is 0 Å². The van der Waals surface area contributed by atoms with Gasteiger partial charge >= 0.3 is 13.7 Å². The number of halogens is 1. The molecule has 3 heterocycles. The van der Waals surface area contributed by atoms with Gasteiger partial charge in [-0.2, -0.15) is 5.09 Å². The first-order valence-corrected chi connectivity index (χ1v) is 13.9. The van der Waals surface area contributed by atoms with Gasteiger partial charge in [-0.1, -0.05) is 25.1 Å². The molecule has 1 saturated heterocycles. The van der Waals surface area contributed by atoms with Crippen LogP contribution in [-0.2, 0) is 23.4 Å². The number of carbonyl (C=O) groups is 1. The van der Waals surface area contributed by atoms with Crippen LogP contribution in [0.15, 0.2) is 43.0 Å². The zero-order valence-electron chi connectivity index (χ0n) is 22.0. The molecule has 1 aliphatic rings. The molecule has 0 saturated carbocycles. The van der Waals surface area contributed by atoms with Crippen molar-refractivity contribution in [3.63, 3.8) is 0 Å². The van der Waals surface area contributed by atoms with E-state index in [2.05, 4.69) is 30.1 Å². The van der Waals surface area contributed by atoms with Crippen LogP contribution in [0.3, 0.4) is 0 Å². The van der Waals surface area contributed by atoms with Crippen LogP contribution in [0.25, 0.3) is 11.2 Å². The zero-order valence-corrected chi connectivity index (χ0v) is 22.9. The third-order valence-electron chi connectivity index (χ3n) is 6.15. The first kappa shape index (κ1) is 28.8. The van der Waals surface area contributed by atoms with E-state index in [4.69, 9.17) is 13.8 Å². The Morgan fingerprint density at radius 3 is 2.74 bits per heavy atom. The summed E-state index contributed by atoms with van der Waals surface area (Å²) in [6.45, 7) is 4.73. The molecule has 212 valence electrons. The van der Waals surface area contributed by atoms with Crippen molar-refractivity contribution < 1.29 is 37.4 Å². The van der Waals surface area contributed by atoms with Crippen LogP contribution in [0.5, 0.6) is 5.75 Å². The third kappa shape index (κ3) is 6.20. The second-order valence-corrected chi connectivity index (χ2v) is 10.9. The highest BCUT2D eigenvalue weighted by Gasteiger charge is 2.56. The molecule has 0 bridgehead atoms. The van der Waals surface area contributed by atoms with Gasteiger partial charge in [0.25, 0.3) is 0 Å². The number of aliphatic hydroxyl groups is 1. The number of carbonyl (C=O) groups excluding carboxylic acids is 1. The van der Waals surface area contributed by atoms with Gasteiger partial charge in [-0.05, 0) is 32.4 Å². The molecule has 0 radical (unpaired) electrons. The number of hydrogen-bond donors (Lipinski definition) is 3. The van der Waals surface area contributed by atoms with E-state index in [0.29, 0.717) is 23.5 Å². The highest BCUT2D eigenvalue weighted by molar-refractivity contribution is 7.52. The molecule has 1 aromatic carbocycles. The van der Waals surface area contributed by atoms with Crippen LogP contribution in [0, 0.1) is 0 Å². The summed E-state index contributed by atoms with van der Waals surface area (Å²) in [5.74, 6) is -0.0150. The molecule has 1 fully saturated rings. The van der Waals surface area contributed by atoms with Crippen molar-refractivity contribution in [1.29, 1.82) is 0 Å². The van der Waals surface area contributed by atoms with E-state index in [0.717, 1.165) is 6.42 Å². The summed E-state index contributed by atoms with van der Waals surface area (Å²) in [5, 5.41) is 16.5. The Balaban J connectivity index is 1.55. The summed E-state index contributed by atoms with van der Waals surface area (Å²) >= 11 is 0. The Bertz CT molecular complexity index is 1330. The number of hydrogen-bond acceptors (Lipinski definition) is 11. The highest BCUT2D eigenvalue weighted by Crippen LogP contribution is 2.48. The van der Waals surface area contributed by atoms with Crippen LogP contribution >= 0.6 is 7.75 Å². The Morgan fingerprint density at radius 1 is 1.31 bits per heavy atom. The Labute approximate surface area is 224 Å². The number of para-hydroxylation sites is 1. The number of methoxy groups -OCH3 is 1. The molecule has 3 aromatic rings. The molecule has 13 nitrogen and oxygen atoms in total. The fourth-order valence-electron chi connectivity index (χ4n) is 4.10. The van der Waals surface area contributed by atoms with E-state index in [1.165, 1.54) is 38.2 Å². The maximum Gasteiger partial charge on any atom is 0.459 e. The predicted molar refractivity (Wildman–Crippen MR) is 139 cm³/mol. The van der Waals surface area contributed by atoms with Crippen LogP contribution < -0.4 is 14.9 Å². The minimum Gasteiger partial charge on any atom is -0.468 e. The summed E-state index contributed by atoms with van der Waals surface area (Å²) < 4.78 is 52.6. The first-order chi connectivity index (χ1) is 18.6. The Hall–Kier alpha value is -3.16. The van der Waals surface area contributed by atoms with Gasteiger partial charge in [0.05, 0.1) is 20.0 Å². The number of esters is 1. The fraction of sp³-hybridized carbons (Fsp3) is 0.500. The van der Waals surface area contributed by atoms with E-state index in [1.54, 1.807) is 30.3 Å². The fourth-order valence-corrected chi connectivity index (χ4v) is 5.60. The van der Waals surface area contributed by atoms with Crippen molar-refractivity contribution in [3.8, 4) is 5.75 Å². The van der Waals surface area contributed by atoms with Gasteiger partial charge in [0, 0.05) is 6.54 Å². The molecule has 15 heteroatoms. The van der Waals surface area contributed by atoms with E-state index in [-0.39, 0.29) is 5.75 Å². The lowest BCUT2D eigenvalue weighted by Gasteiger charge is -2.25. The van der Waals surface area contributed by atoms with Gasteiger partial charge in [-0.25, -0.2) is 23.9 Å². The molecule has 0 spiro atoms. The van der Waals surface area contributed by atoms with E-state index in [9.17, 15) is 14.5 Å². The summed E-state index contributed by atoms with van der Waals surface area (Å²) in [6, 6.07) is 7.09. The first-order valence-electron chi connectivity index (χ1n) is 12.4. The van der Waals surface area contributed by atoms with Gasteiger partial charge in [-0.3, -0.25) is 13.9 Å². The number of aromatic nitrogens is 4. The molecule has 6 atom stereocenters. The molecule has 0 amide bonds. The maximum atomic E-state index is 15.9. The van der Waals surface area contributed by atoms with Crippen LogP contribution in [0.2, 0.25) is 0 Å². The summed E-state index contributed by atoms with van der Waals surface area (Å²) in [5.41, 5.74) is -1.58. The largest absolute Gasteiger partial charge is 0.468 e. The third-order valence-corrected chi connectivity index (χ3v) is 7.80. The lowest BCUT2D eigenvalue weighted by Crippen LogP contribution is -2.41. The summed E-state index contributed by atoms with van der Waals surface area (Å²) in [6.07, 6.45) is -0.730. The maximum absolute atomic E-state index is 15.9.